The number of methoxy groups -OCH3 is 2. The highest BCUT2D eigenvalue weighted by Crippen LogP contribution is 2.33. The van der Waals surface area contributed by atoms with Gasteiger partial charge in [0.25, 0.3) is 0 Å². The second-order valence-electron chi connectivity index (χ2n) is 5.32. The van der Waals surface area contributed by atoms with E-state index in [4.69, 9.17) is 9.47 Å². The second kappa shape index (κ2) is 14.0. The van der Waals surface area contributed by atoms with Crippen LogP contribution in [0.15, 0.2) is 18.2 Å². The predicted octanol–water partition coefficient (Wildman–Crippen LogP) is 2.39. The summed E-state index contributed by atoms with van der Waals surface area (Å²) in [6.45, 7) is 9.96. The largest absolute Gasteiger partial charge is 0.497 e. The summed E-state index contributed by atoms with van der Waals surface area (Å²) < 4.78 is 10.5. The van der Waals surface area contributed by atoms with Crippen molar-refractivity contribution in [2.45, 2.75) is 40.0 Å². The van der Waals surface area contributed by atoms with Crippen LogP contribution in [0, 0.1) is 35.5 Å². The summed E-state index contributed by atoms with van der Waals surface area (Å²) in [4.78, 5) is 0. The fourth-order valence-electron chi connectivity index (χ4n) is 1.59. The van der Waals surface area contributed by atoms with E-state index >= 15 is 0 Å². The summed E-state index contributed by atoms with van der Waals surface area (Å²) in [7, 11) is 3.37. The maximum absolute atomic E-state index is 5.32. The van der Waals surface area contributed by atoms with Crippen LogP contribution in [0.2, 0.25) is 0 Å². The van der Waals surface area contributed by atoms with E-state index in [1.165, 1.54) is 5.56 Å². The molecule has 4 nitrogen and oxygen atoms in total. The fraction of sp³-hybridized carbons (Fsp3) is 0.400. The van der Waals surface area contributed by atoms with Gasteiger partial charge in [0.15, 0.2) is 0 Å². The van der Waals surface area contributed by atoms with Crippen molar-refractivity contribution in [1.29, 1.82) is 0 Å². The zero-order valence-electron chi connectivity index (χ0n) is 15.5. The molecule has 24 heavy (non-hydrogen) atoms. The molecule has 0 saturated heterocycles. The monoisotopic (exact) mass is 332 g/mol. The summed E-state index contributed by atoms with van der Waals surface area (Å²) in [5.74, 6) is 17.3. The standard InChI is InChI=1S/C12H18O2.C8H6.2H2O/c1-12(2,3)10-8-9(13-4)6-7-11(10)14-5;1-3-5-7-8-6-4-2;;/h6-8H,1-5H3;1-2H3;2*1H2. The fourth-order valence-corrected chi connectivity index (χ4v) is 1.59. The molecule has 4 heteroatoms. The lowest BCUT2D eigenvalue weighted by Gasteiger charge is -2.22. The lowest BCUT2D eigenvalue weighted by molar-refractivity contribution is 0.388. The van der Waals surface area contributed by atoms with Crippen molar-refractivity contribution in [1.82, 2.24) is 0 Å². The number of hydrogen-bond donors (Lipinski definition) is 0. The summed E-state index contributed by atoms with van der Waals surface area (Å²) in [5.41, 5.74) is 1.24. The Morgan fingerprint density at radius 3 is 1.62 bits per heavy atom. The smallest absolute Gasteiger partial charge is 0.122 e. The summed E-state index contributed by atoms with van der Waals surface area (Å²) >= 11 is 0. The Balaban J connectivity index is -0.000000386. The first-order valence-corrected chi connectivity index (χ1v) is 6.96. The Labute approximate surface area is 146 Å². The van der Waals surface area contributed by atoms with Crippen molar-refractivity contribution >= 4 is 0 Å². The quantitative estimate of drug-likeness (QED) is 0.779. The maximum atomic E-state index is 5.32. The molecule has 0 fully saturated rings. The highest BCUT2D eigenvalue weighted by Gasteiger charge is 2.19. The SMILES string of the molecule is CC#CC#CC#CC.COc1ccc(OC)c(C(C)(C)C)c1.O.O. The van der Waals surface area contributed by atoms with Crippen LogP contribution in [0.25, 0.3) is 0 Å². The predicted molar refractivity (Wildman–Crippen MR) is 100 cm³/mol. The molecular weight excluding hydrogens is 304 g/mol. The van der Waals surface area contributed by atoms with Gasteiger partial charge in [-0.1, -0.05) is 32.6 Å². The van der Waals surface area contributed by atoms with Gasteiger partial charge in [-0.3, -0.25) is 0 Å². The molecule has 4 N–H and O–H groups in total. The Hall–Kier alpha value is -2.58. The summed E-state index contributed by atoms with van der Waals surface area (Å²) in [6.07, 6.45) is 0. The number of hydrogen-bond acceptors (Lipinski definition) is 2. The van der Waals surface area contributed by atoms with E-state index in [0.717, 1.165) is 11.5 Å². The molecule has 0 aliphatic rings. The Kier molecular flexibility index (Phi) is 15.4. The highest BCUT2D eigenvalue weighted by molar-refractivity contribution is 5.44. The second-order valence-corrected chi connectivity index (χ2v) is 5.32. The molecule has 0 radical (unpaired) electrons. The van der Waals surface area contributed by atoms with Crippen LogP contribution in [0.1, 0.15) is 40.2 Å². The van der Waals surface area contributed by atoms with Gasteiger partial charge in [0, 0.05) is 5.56 Å². The zero-order chi connectivity index (χ0) is 17.0. The number of ether oxygens (including phenoxy) is 2. The molecule has 0 bridgehead atoms. The van der Waals surface area contributed by atoms with Gasteiger partial charge in [0.1, 0.15) is 11.5 Å². The van der Waals surface area contributed by atoms with Crippen molar-refractivity contribution < 1.29 is 20.4 Å². The highest BCUT2D eigenvalue weighted by atomic mass is 16.5. The van der Waals surface area contributed by atoms with Crippen LogP contribution in [-0.4, -0.2) is 25.2 Å². The molecule has 0 aliphatic heterocycles. The minimum atomic E-state index is 0. The van der Waals surface area contributed by atoms with Crippen LogP contribution >= 0.6 is 0 Å². The van der Waals surface area contributed by atoms with Gasteiger partial charge < -0.3 is 20.4 Å². The number of benzene rings is 1. The molecule has 0 saturated carbocycles. The van der Waals surface area contributed by atoms with Crippen LogP contribution in [0.3, 0.4) is 0 Å². The Morgan fingerprint density at radius 2 is 1.29 bits per heavy atom. The first-order chi connectivity index (χ1) is 10.4. The zero-order valence-corrected chi connectivity index (χ0v) is 15.5. The molecule has 0 heterocycles. The van der Waals surface area contributed by atoms with E-state index in [2.05, 4.69) is 56.3 Å². The van der Waals surface area contributed by atoms with Gasteiger partial charge >= 0.3 is 0 Å². The first-order valence-electron chi connectivity index (χ1n) is 6.96. The van der Waals surface area contributed by atoms with Crippen LogP contribution in [0.5, 0.6) is 11.5 Å². The topological polar surface area (TPSA) is 81.5 Å². The van der Waals surface area contributed by atoms with E-state index in [1.807, 2.05) is 18.2 Å². The molecule has 1 aromatic carbocycles. The van der Waals surface area contributed by atoms with E-state index in [-0.39, 0.29) is 16.4 Å². The van der Waals surface area contributed by atoms with Crippen molar-refractivity contribution in [3.63, 3.8) is 0 Å². The molecule has 0 atom stereocenters. The van der Waals surface area contributed by atoms with E-state index < -0.39 is 0 Å². The van der Waals surface area contributed by atoms with Gasteiger partial charge in [0.2, 0.25) is 0 Å². The van der Waals surface area contributed by atoms with E-state index in [1.54, 1.807) is 28.1 Å². The third kappa shape index (κ3) is 10.2. The van der Waals surface area contributed by atoms with E-state index in [9.17, 15) is 0 Å². The summed E-state index contributed by atoms with van der Waals surface area (Å²) in [5, 5.41) is 0. The van der Waals surface area contributed by atoms with Crippen LogP contribution < -0.4 is 9.47 Å². The van der Waals surface area contributed by atoms with Crippen molar-refractivity contribution in [3.05, 3.63) is 23.8 Å². The molecule has 0 aromatic heterocycles. The normalized spacial score (nSPS) is 7.79. The van der Waals surface area contributed by atoms with Crippen LogP contribution in [-0.2, 0) is 5.41 Å². The minimum Gasteiger partial charge on any atom is -0.497 e. The minimum absolute atomic E-state index is 0. The average molecular weight is 332 g/mol. The van der Waals surface area contributed by atoms with Gasteiger partial charge in [-0.15, -0.1) is 0 Å². The van der Waals surface area contributed by atoms with Gasteiger partial charge in [-0.2, -0.15) is 0 Å². The molecule has 0 unspecified atom stereocenters. The van der Waals surface area contributed by atoms with Gasteiger partial charge in [-0.05, 0) is 61.1 Å². The molecule has 1 rings (SSSR count). The average Bonchev–Trinajstić information content (AvgIpc) is 2.51. The lowest BCUT2D eigenvalue weighted by atomic mass is 9.86. The van der Waals surface area contributed by atoms with Gasteiger partial charge in [-0.25, -0.2) is 0 Å². The Morgan fingerprint density at radius 1 is 0.792 bits per heavy atom. The van der Waals surface area contributed by atoms with E-state index in [0.29, 0.717) is 0 Å². The molecule has 0 aliphatic carbocycles. The van der Waals surface area contributed by atoms with Crippen molar-refractivity contribution in [2.24, 2.45) is 0 Å². The number of rotatable bonds is 2. The Bertz CT molecular complexity index is 627. The third-order valence-electron chi connectivity index (χ3n) is 2.65. The molecule has 132 valence electrons. The maximum Gasteiger partial charge on any atom is 0.122 e. The van der Waals surface area contributed by atoms with Crippen molar-refractivity contribution in [2.75, 3.05) is 14.2 Å². The third-order valence-corrected chi connectivity index (χ3v) is 2.65. The first kappa shape index (κ1) is 26.3. The van der Waals surface area contributed by atoms with Crippen LogP contribution in [0.4, 0.5) is 0 Å². The van der Waals surface area contributed by atoms with Crippen molar-refractivity contribution in [3.8, 4) is 47.0 Å². The lowest BCUT2D eigenvalue weighted by Crippen LogP contribution is -2.12. The molecule has 0 amide bonds. The summed E-state index contributed by atoms with van der Waals surface area (Å²) in [6, 6.07) is 5.88. The molecular formula is C20H28O4. The van der Waals surface area contributed by atoms with Gasteiger partial charge in [0.05, 0.1) is 14.2 Å². The molecule has 1 aromatic rings. The molecule has 0 spiro atoms.